The van der Waals surface area contributed by atoms with E-state index in [1.54, 1.807) is 0 Å². The molecule has 0 radical (unpaired) electrons. The molecule has 0 saturated heterocycles. The molecule has 0 spiro atoms. The number of primary amides is 1. The van der Waals surface area contributed by atoms with Crippen molar-refractivity contribution < 1.29 is 4.79 Å². The molecule has 0 unspecified atom stereocenters. The molecular weight excluding hydrogens is 138 g/mol. The molecule has 0 bridgehead atoms. The van der Waals surface area contributed by atoms with Gasteiger partial charge in [0.2, 0.25) is 5.91 Å². The first-order valence-electron chi connectivity index (χ1n) is 4.00. The third-order valence-corrected chi connectivity index (χ3v) is 2.29. The van der Waals surface area contributed by atoms with Gasteiger partial charge in [-0.25, -0.2) is 0 Å². The average molecular weight is 153 g/mol. The van der Waals surface area contributed by atoms with Gasteiger partial charge in [0.25, 0.3) is 0 Å². The largest absolute Gasteiger partial charge is 0.366 e. The Kier molecular flexibility index (Phi) is 2.03. The summed E-state index contributed by atoms with van der Waals surface area (Å²) in [5, 5.41) is 0. The summed E-state index contributed by atoms with van der Waals surface area (Å²) in [6, 6.07) is 0. The van der Waals surface area contributed by atoms with E-state index in [9.17, 15) is 4.79 Å². The normalized spacial score (nSPS) is 22.5. The van der Waals surface area contributed by atoms with Crippen LogP contribution in [0.1, 0.15) is 33.1 Å². The lowest BCUT2D eigenvalue weighted by Crippen LogP contribution is -2.21. The van der Waals surface area contributed by atoms with Gasteiger partial charge < -0.3 is 5.73 Å². The Morgan fingerprint density at radius 1 is 1.64 bits per heavy atom. The van der Waals surface area contributed by atoms with Gasteiger partial charge in [-0.05, 0) is 24.7 Å². The summed E-state index contributed by atoms with van der Waals surface area (Å²) >= 11 is 0. The van der Waals surface area contributed by atoms with Crippen LogP contribution in [0, 0.1) is 5.41 Å². The summed E-state index contributed by atoms with van der Waals surface area (Å²) in [5.74, 6) is -0.250. The van der Waals surface area contributed by atoms with Gasteiger partial charge in [-0.3, -0.25) is 4.79 Å². The van der Waals surface area contributed by atoms with E-state index in [-0.39, 0.29) is 5.91 Å². The van der Waals surface area contributed by atoms with Crippen molar-refractivity contribution in [3.05, 3.63) is 11.6 Å². The van der Waals surface area contributed by atoms with E-state index in [2.05, 4.69) is 13.8 Å². The Labute approximate surface area is 67.5 Å². The Morgan fingerprint density at radius 3 is 2.64 bits per heavy atom. The van der Waals surface area contributed by atoms with E-state index >= 15 is 0 Å². The third-order valence-electron chi connectivity index (χ3n) is 2.29. The Bertz CT molecular complexity index is 204. The zero-order valence-electron chi connectivity index (χ0n) is 7.18. The van der Waals surface area contributed by atoms with Gasteiger partial charge >= 0.3 is 0 Å². The van der Waals surface area contributed by atoms with E-state index in [4.69, 9.17) is 5.73 Å². The van der Waals surface area contributed by atoms with E-state index in [1.165, 1.54) is 0 Å². The van der Waals surface area contributed by atoms with Crippen LogP contribution in [0.25, 0.3) is 0 Å². The first-order chi connectivity index (χ1) is 5.01. The van der Waals surface area contributed by atoms with E-state index < -0.39 is 0 Å². The summed E-state index contributed by atoms with van der Waals surface area (Å²) in [7, 11) is 0. The van der Waals surface area contributed by atoms with Crippen molar-refractivity contribution in [1.29, 1.82) is 0 Å². The quantitative estimate of drug-likeness (QED) is 0.611. The monoisotopic (exact) mass is 153 g/mol. The van der Waals surface area contributed by atoms with Crippen LogP contribution in [0.5, 0.6) is 0 Å². The smallest absolute Gasteiger partial charge is 0.244 e. The predicted molar refractivity (Wildman–Crippen MR) is 44.9 cm³/mol. The van der Waals surface area contributed by atoms with Crippen molar-refractivity contribution >= 4 is 5.91 Å². The summed E-state index contributed by atoms with van der Waals surface area (Å²) in [6.07, 6.45) is 4.88. The SMILES string of the molecule is CC1(C)CC=C(C(N)=O)CC1. The molecule has 0 aromatic heterocycles. The minimum absolute atomic E-state index is 0.250. The van der Waals surface area contributed by atoms with Crippen LogP contribution in [0.15, 0.2) is 11.6 Å². The van der Waals surface area contributed by atoms with Crippen LogP contribution in [-0.4, -0.2) is 5.91 Å². The number of amides is 1. The van der Waals surface area contributed by atoms with Gasteiger partial charge in [-0.2, -0.15) is 0 Å². The molecule has 11 heavy (non-hydrogen) atoms. The Hall–Kier alpha value is -0.790. The van der Waals surface area contributed by atoms with Crippen LogP contribution in [0.4, 0.5) is 0 Å². The Morgan fingerprint density at radius 2 is 2.27 bits per heavy atom. The second-order valence-electron chi connectivity index (χ2n) is 3.96. The minimum atomic E-state index is -0.250. The maximum absolute atomic E-state index is 10.7. The number of carbonyl (C=O) groups is 1. The van der Waals surface area contributed by atoms with Crippen LogP contribution in [-0.2, 0) is 4.79 Å². The van der Waals surface area contributed by atoms with Gasteiger partial charge in [0.15, 0.2) is 0 Å². The lowest BCUT2D eigenvalue weighted by Gasteiger charge is -2.27. The summed E-state index contributed by atoms with van der Waals surface area (Å²) in [4.78, 5) is 10.7. The third kappa shape index (κ3) is 2.07. The zero-order chi connectivity index (χ0) is 8.48. The van der Waals surface area contributed by atoms with Gasteiger partial charge in [-0.1, -0.05) is 19.9 Å². The molecule has 1 aliphatic carbocycles. The van der Waals surface area contributed by atoms with Crippen molar-refractivity contribution in [2.75, 3.05) is 0 Å². The number of allylic oxidation sites excluding steroid dienone is 1. The molecule has 62 valence electrons. The maximum atomic E-state index is 10.7. The van der Waals surface area contributed by atoms with Crippen molar-refractivity contribution in [2.24, 2.45) is 11.1 Å². The molecule has 0 aromatic rings. The molecule has 0 aromatic carbocycles. The molecule has 2 nitrogen and oxygen atoms in total. The predicted octanol–water partition coefficient (Wildman–Crippen LogP) is 1.61. The van der Waals surface area contributed by atoms with Crippen LogP contribution in [0.3, 0.4) is 0 Å². The molecule has 0 aliphatic heterocycles. The number of hydrogen-bond acceptors (Lipinski definition) is 1. The minimum Gasteiger partial charge on any atom is -0.366 e. The zero-order valence-corrected chi connectivity index (χ0v) is 7.18. The molecule has 1 amide bonds. The van der Waals surface area contributed by atoms with E-state index in [0.717, 1.165) is 24.8 Å². The highest BCUT2D eigenvalue weighted by molar-refractivity contribution is 5.91. The molecule has 2 heteroatoms. The average Bonchev–Trinajstić information content (AvgIpc) is 1.86. The lowest BCUT2D eigenvalue weighted by atomic mass is 9.78. The highest BCUT2D eigenvalue weighted by atomic mass is 16.1. The van der Waals surface area contributed by atoms with E-state index in [1.807, 2.05) is 6.08 Å². The molecule has 0 fully saturated rings. The molecule has 0 atom stereocenters. The molecule has 0 saturated carbocycles. The molecule has 1 rings (SSSR count). The maximum Gasteiger partial charge on any atom is 0.244 e. The van der Waals surface area contributed by atoms with Gasteiger partial charge in [0, 0.05) is 5.57 Å². The summed E-state index contributed by atoms with van der Waals surface area (Å²) in [6.45, 7) is 4.42. The van der Waals surface area contributed by atoms with Crippen molar-refractivity contribution in [3.8, 4) is 0 Å². The fourth-order valence-corrected chi connectivity index (χ4v) is 1.30. The summed E-state index contributed by atoms with van der Waals surface area (Å²) in [5.41, 5.74) is 6.32. The Balaban J connectivity index is 2.65. The van der Waals surface area contributed by atoms with Crippen LogP contribution in [0.2, 0.25) is 0 Å². The van der Waals surface area contributed by atoms with Crippen molar-refractivity contribution in [1.82, 2.24) is 0 Å². The lowest BCUT2D eigenvalue weighted by molar-refractivity contribution is -0.114. The van der Waals surface area contributed by atoms with Gasteiger partial charge in [-0.15, -0.1) is 0 Å². The topological polar surface area (TPSA) is 43.1 Å². The van der Waals surface area contributed by atoms with E-state index in [0.29, 0.717) is 5.41 Å². The fraction of sp³-hybridized carbons (Fsp3) is 0.667. The first-order valence-corrected chi connectivity index (χ1v) is 4.00. The van der Waals surface area contributed by atoms with Gasteiger partial charge in [0.05, 0.1) is 0 Å². The molecule has 1 aliphatic rings. The second-order valence-corrected chi connectivity index (χ2v) is 3.96. The highest BCUT2D eigenvalue weighted by Crippen LogP contribution is 2.33. The number of hydrogen-bond donors (Lipinski definition) is 1. The van der Waals surface area contributed by atoms with Crippen molar-refractivity contribution in [2.45, 2.75) is 33.1 Å². The molecule has 0 heterocycles. The highest BCUT2D eigenvalue weighted by Gasteiger charge is 2.22. The van der Waals surface area contributed by atoms with Crippen LogP contribution < -0.4 is 5.73 Å². The molecular formula is C9H15NO. The standard InChI is InChI=1S/C9H15NO/c1-9(2)5-3-7(4-6-9)8(10)11/h3H,4-6H2,1-2H3,(H2,10,11). The fourth-order valence-electron chi connectivity index (χ4n) is 1.30. The summed E-state index contributed by atoms with van der Waals surface area (Å²) < 4.78 is 0. The molecule has 2 N–H and O–H groups in total. The van der Waals surface area contributed by atoms with Crippen molar-refractivity contribution in [3.63, 3.8) is 0 Å². The number of carbonyl (C=O) groups excluding carboxylic acids is 1. The second kappa shape index (κ2) is 2.68. The van der Waals surface area contributed by atoms with Gasteiger partial charge in [0.1, 0.15) is 0 Å². The number of nitrogens with two attached hydrogens (primary N) is 1. The first kappa shape index (κ1) is 8.31. The number of rotatable bonds is 1. The van der Waals surface area contributed by atoms with Crippen LogP contribution >= 0.6 is 0 Å².